The zero-order valence-electron chi connectivity index (χ0n) is 41.2. The van der Waals surface area contributed by atoms with E-state index in [1.165, 1.54) is 6.92 Å². The number of carbonyl (C=O) groups excluding carboxylic acids is 1. The van der Waals surface area contributed by atoms with E-state index >= 15 is 0 Å². The van der Waals surface area contributed by atoms with Gasteiger partial charge in [-0.2, -0.15) is 0 Å². The Kier molecular flexibility index (Phi) is 23.8. The fourth-order valence-corrected chi connectivity index (χ4v) is 9.57. The Balaban J connectivity index is 1.19. The van der Waals surface area contributed by atoms with Crippen LogP contribution in [0.25, 0.3) is 0 Å². The molecule has 6 aliphatic rings. The van der Waals surface area contributed by atoms with E-state index in [0.29, 0.717) is 0 Å². The highest BCUT2D eigenvalue weighted by molar-refractivity contribution is 7.43. The molecule has 0 radical (unpaired) electrons. The van der Waals surface area contributed by atoms with Crippen molar-refractivity contribution in [1.29, 1.82) is 0 Å². The molecule has 6 saturated heterocycles. The van der Waals surface area contributed by atoms with Gasteiger partial charge in [0.2, 0.25) is 0 Å². The number of rotatable bonds is 23. The van der Waals surface area contributed by atoms with Gasteiger partial charge in [-0.1, -0.05) is 6.92 Å². The molecule has 0 amide bonds. The lowest BCUT2D eigenvalue weighted by Gasteiger charge is -2.49. The predicted octanol–water partition coefficient (Wildman–Crippen LogP) is -12.4. The Morgan fingerprint density at radius 3 is 1.30 bits per heavy atom. The number of ether oxygens (including phenoxy) is 12. The first kappa shape index (κ1) is 64.8. The van der Waals surface area contributed by atoms with E-state index in [4.69, 9.17) is 56.8 Å². The Labute approximate surface area is 437 Å². The number of phosphoric acid groups is 1. The predicted molar refractivity (Wildman–Crippen MR) is 232 cm³/mol. The largest absolute Gasteiger partial charge is 0.790 e. The monoisotopic (exact) mass is 1150 g/mol. The minimum Gasteiger partial charge on any atom is -0.790 e. The third-order valence-electron chi connectivity index (χ3n) is 13.8. The molecule has 77 heavy (non-hydrogen) atoms. The van der Waals surface area contributed by atoms with Crippen LogP contribution in [0.2, 0.25) is 0 Å². The van der Waals surface area contributed by atoms with Crippen LogP contribution in [0.5, 0.6) is 0 Å². The lowest BCUT2D eigenvalue weighted by molar-refractivity contribution is -0.392. The summed E-state index contributed by atoms with van der Waals surface area (Å²) in [6.07, 6.45) is -57.1. The number of aliphatic hydroxyl groups is 17. The number of carbonyl (C=O) groups is 1. The third kappa shape index (κ3) is 15.4. The van der Waals surface area contributed by atoms with Gasteiger partial charge in [-0.25, -0.2) is 0 Å². The van der Waals surface area contributed by atoms with E-state index in [1.54, 1.807) is 6.92 Å². The van der Waals surface area contributed by atoms with Crippen molar-refractivity contribution in [2.75, 3.05) is 39.6 Å². The van der Waals surface area contributed by atoms with E-state index in [-0.39, 0.29) is 31.7 Å². The van der Waals surface area contributed by atoms with Gasteiger partial charge in [0.25, 0.3) is 0 Å². The van der Waals surface area contributed by atoms with Gasteiger partial charge in [0.05, 0.1) is 53.6 Å². The third-order valence-corrected chi connectivity index (χ3v) is 14.2. The average molecular weight is 1150 g/mol. The van der Waals surface area contributed by atoms with Gasteiger partial charge in [0, 0.05) is 6.42 Å². The molecule has 35 heteroatoms. The summed E-state index contributed by atoms with van der Waals surface area (Å²) in [5, 5.41) is 183. The zero-order chi connectivity index (χ0) is 57.0. The van der Waals surface area contributed by atoms with Crippen LogP contribution < -0.4 is 9.79 Å². The Morgan fingerprint density at radius 2 is 0.805 bits per heavy atom. The van der Waals surface area contributed by atoms with Gasteiger partial charge in [-0.05, 0) is 19.8 Å². The van der Waals surface area contributed by atoms with Crippen LogP contribution in [-0.2, 0) is 70.7 Å². The molecule has 30 atom stereocenters. The highest BCUT2D eigenvalue weighted by Crippen LogP contribution is 2.36. The van der Waals surface area contributed by atoms with E-state index in [9.17, 15) is 106 Å². The molecule has 0 aromatic carbocycles. The standard InChI is InChI=1S/C42H73O34P/c1-3-13-19(46)25(52)31(58)39(68-13)75-35-28(55)20(47)14(7-43)69-41(35)66-9-16-22(49)26(53)30(57)37(71-16)65-10-17-24(51)34(33(60)38(72-17)64-6-4-5-12(2)45)74-42-36(29(56)21(48)15(8-44)70-42)76-40-32(59)27(54)23(50)18(73-40)11-67-77(61,62)63/h13-44,46-60H,3-11H2,1-2H3,(H2,61,62,63)/p-2/t13?,14?,15?,16?,17?,18?,19-,20-,21-,22-,23-,24-,25+,26+,27+,28+,29+,30?,31?,32?,33?,34+,35?,36?,37+,38-,39+,40-,41+,42-/m1/s1. The summed E-state index contributed by atoms with van der Waals surface area (Å²) < 4.78 is 83.6. The average Bonchev–Trinajstić information content (AvgIpc) is 3.40. The van der Waals surface area contributed by atoms with Crippen molar-refractivity contribution in [3.05, 3.63) is 0 Å². The lowest BCUT2D eigenvalue weighted by Crippen LogP contribution is -2.67. The fourth-order valence-electron chi connectivity index (χ4n) is 9.24. The Hall–Kier alpha value is -1.38. The van der Waals surface area contributed by atoms with Crippen LogP contribution in [0.15, 0.2) is 0 Å². The highest BCUT2D eigenvalue weighted by Gasteiger charge is 2.56. The number of phosphoric ester groups is 1. The van der Waals surface area contributed by atoms with Crippen molar-refractivity contribution in [3.63, 3.8) is 0 Å². The minimum absolute atomic E-state index is 0.00411. The summed E-state index contributed by atoms with van der Waals surface area (Å²) in [6.45, 7) is -2.20. The van der Waals surface area contributed by atoms with Crippen LogP contribution in [0.4, 0.5) is 0 Å². The second kappa shape index (κ2) is 28.3. The quantitative estimate of drug-likeness (QED) is 0.0334. The Bertz CT molecular complexity index is 1860. The molecule has 6 aliphatic heterocycles. The zero-order valence-corrected chi connectivity index (χ0v) is 42.1. The normalized spacial score (nSPS) is 48.2. The van der Waals surface area contributed by atoms with Crippen LogP contribution in [-0.4, -0.2) is 316 Å². The molecule has 6 rings (SSSR count). The van der Waals surface area contributed by atoms with E-state index in [0.717, 1.165) is 0 Å². The van der Waals surface area contributed by atoms with Crippen molar-refractivity contribution in [1.82, 2.24) is 0 Å². The molecule has 0 aliphatic carbocycles. The fraction of sp³-hybridized carbons (Fsp3) is 0.976. The van der Waals surface area contributed by atoms with Crippen molar-refractivity contribution in [2.24, 2.45) is 0 Å². The molecule has 17 N–H and O–H groups in total. The summed E-state index contributed by atoms with van der Waals surface area (Å²) in [5.74, 6) is -0.238. The summed E-state index contributed by atoms with van der Waals surface area (Å²) in [5.41, 5.74) is 0. The maximum absolute atomic E-state index is 11.8. The van der Waals surface area contributed by atoms with E-state index in [2.05, 4.69) is 4.52 Å². The number of aliphatic hydroxyl groups excluding tert-OH is 17. The number of ketones is 1. The summed E-state index contributed by atoms with van der Waals surface area (Å²) in [7, 11) is -5.69. The highest BCUT2D eigenvalue weighted by atomic mass is 31.2. The van der Waals surface area contributed by atoms with Gasteiger partial charge in [0.1, 0.15) is 146 Å². The maximum atomic E-state index is 11.8. The first-order valence-electron chi connectivity index (χ1n) is 24.6. The summed E-state index contributed by atoms with van der Waals surface area (Å²) in [4.78, 5) is 34.0. The molecule has 450 valence electrons. The first-order chi connectivity index (χ1) is 36.2. The number of Topliss-reactive ketones (excluding diaryl/α,β-unsaturated/α-hetero) is 1. The molecule has 0 aromatic rings. The molecule has 6 fully saturated rings. The SMILES string of the molecule is CCC1O[C@@H](OC2[C@@H](OCC3O[C@H](OCC4O[C@@H](OCCCC(C)=O)C(O)[C@@H](O[C@H]5OC(CO)[C@@H](O)[C@H](O)C5O[C@H]5OC(COP(=O)([O-])[O-])[C@@H](O)[C@H](O)C5O)[C@@H]4O)C(O)[C@@H](O)[C@@H]3O)OC(CO)[C@@H](O)[C@@H]2O)C(O)[C@@H](O)[C@@H]1O. The molecular formula is C42H71O34P-2. The van der Waals surface area contributed by atoms with Gasteiger partial charge in [-0.3, -0.25) is 0 Å². The van der Waals surface area contributed by atoms with Gasteiger partial charge in [-0.15, -0.1) is 0 Å². The summed E-state index contributed by atoms with van der Waals surface area (Å²) in [6, 6.07) is 0. The van der Waals surface area contributed by atoms with Gasteiger partial charge >= 0.3 is 0 Å². The molecule has 6 heterocycles. The molecule has 0 bridgehead atoms. The van der Waals surface area contributed by atoms with Crippen LogP contribution in [0.3, 0.4) is 0 Å². The molecule has 0 saturated carbocycles. The van der Waals surface area contributed by atoms with E-state index < -0.39 is 225 Å². The van der Waals surface area contributed by atoms with Crippen molar-refractivity contribution in [3.8, 4) is 0 Å². The number of hydrogen-bond donors (Lipinski definition) is 17. The minimum atomic E-state index is -5.69. The molecule has 34 nitrogen and oxygen atoms in total. The van der Waals surface area contributed by atoms with Crippen LogP contribution >= 0.6 is 7.82 Å². The van der Waals surface area contributed by atoms with Gasteiger partial charge < -0.3 is 167 Å². The first-order valence-corrected chi connectivity index (χ1v) is 26.0. The second-order valence-corrected chi connectivity index (χ2v) is 20.4. The molecule has 12 unspecified atom stereocenters. The van der Waals surface area contributed by atoms with Crippen molar-refractivity contribution >= 4 is 13.6 Å². The molecular weight excluding hydrogens is 1080 g/mol. The van der Waals surface area contributed by atoms with Gasteiger partial charge in [0.15, 0.2) is 37.7 Å². The number of hydrogen-bond acceptors (Lipinski definition) is 34. The topological polar surface area (TPSA) is 544 Å². The van der Waals surface area contributed by atoms with Crippen molar-refractivity contribution < 1.29 is 167 Å². The smallest absolute Gasteiger partial charge is 0.187 e. The maximum Gasteiger partial charge on any atom is 0.187 e. The Morgan fingerprint density at radius 1 is 0.429 bits per heavy atom. The van der Waals surface area contributed by atoms with E-state index in [1.807, 2.05) is 0 Å². The van der Waals surface area contributed by atoms with Crippen molar-refractivity contribution in [2.45, 2.75) is 217 Å². The second-order valence-electron chi connectivity index (χ2n) is 19.3. The van der Waals surface area contributed by atoms with Crippen LogP contribution in [0, 0.1) is 0 Å². The molecule has 0 spiro atoms. The lowest BCUT2D eigenvalue weighted by atomic mass is 9.96. The molecule has 0 aromatic heterocycles. The van der Waals surface area contributed by atoms with Crippen LogP contribution in [0.1, 0.15) is 33.1 Å². The summed E-state index contributed by atoms with van der Waals surface area (Å²) >= 11 is 0.